The van der Waals surface area contributed by atoms with Crippen LogP contribution in [0.2, 0.25) is 0 Å². The Bertz CT molecular complexity index is 101. The van der Waals surface area contributed by atoms with Crippen molar-refractivity contribution in [2.75, 3.05) is 0 Å². The molecule has 2 nitrogen and oxygen atoms in total. The predicted molar refractivity (Wildman–Crippen MR) is 16.4 cm³/mol. The van der Waals surface area contributed by atoms with Crippen LogP contribution in [-0.2, 0) is 26.3 Å². The van der Waals surface area contributed by atoms with Gasteiger partial charge in [0.1, 0.15) is 0 Å². The average Bonchev–Trinajstić information content (AvgIpc) is 1.35. The van der Waals surface area contributed by atoms with E-state index in [1.807, 2.05) is 0 Å². The van der Waals surface area contributed by atoms with Gasteiger partial charge in [-0.1, -0.05) is 0 Å². The van der Waals surface area contributed by atoms with Crippen LogP contribution < -0.4 is 0 Å². The van der Waals surface area contributed by atoms with E-state index < -0.39 is 16.7 Å². The van der Waals surface area contributed by atoms with E-state index in [0.717, 1.165) is 0 Å². The number of rotatable bonds is 1. The third kappa shape index (κ3) is 3.87. The third-order valence-electron chi connectivity index (χ3n) is 0.151. The molecule has 0 aliphatic carbocycles. The molecule has 0 saturated heterocycles. The molecule has 0 aliphatic heterocycles. The summed E-state index contributed by atoms with van der Waals surface area (Å²) in [6.07, 6.45) is 0. The topological polar surface area (TPSA) is 34.1 Å². The van der Waals surface area contributed by atoms with E-state index in [9.17, 15) is 9.59 Å². The van der Waals surface area contributed by atoms with Crippen LogP contribution in [0.1, 0.15) is 6.92 Å². The summed E-state index contributed by atoms with van der Waals surface area (Å²) in [5, 5.41) is 0. The van der Waals surface area contributed by atoms with Gasteiger partial charge in [0.15, 0.2) is 0 Å². The van der Waals surface area contributed by atoms with Crippen molar-refractivity contribution in [3.63, 3.8) is 0 Å². The van der Waals surface area contributed by atoms with Crippen molar-refractivity contribution in [2.24, 2.45) is 0 Å². The molecule has 0 aromatic heterocycles. The number of hydrogen-bond donors (Lipinski definition) is 0. The predicted octanol–water partition coefficient (Wildman–Crippen LogP) is -0.317. The van der Waals surface area contributed by atoms with E-state index in [0.29, 0.717) is 0 Å². The van der Waals surface area contributed by atoms with Crippen LogP contribution in [0.25, 0.3) is 0 Å². The van der Waals surface area contributed by atoms with E-state index >= 15 is 0 Å². The summed E-state index contributed by atoms with van der Waals surface area (Å²) in [6.45, 7) is 1.38. The Morgan fingerprint density at radius 1 is 1.83 bits per heavy atom. The van der Waals surface area contributed by atoms with Crippen LogP contribution in [0.3, 0.4) is 0 Å². The van der Waals surface area contributed by atoms with Crippen molar-refractivity contribution >= 4 is 8.85 Å². The maximum absolute atomic E-state index is 9.81. The molecule has 0 heterocycles. The molecule has 0 radical (unpaired) electrons. The van der Waals surface area contributed by atoms with Crippen molar-refractivity contribution in [3.05, 3.63) is 0 Å². The van der Waals surface area contributed by atoms with Crippen LogP contribution in [0.5, 0.6) is 0 Å². The van der Waals surface area contributed by atoms with Crippen molar-refractivity contribution in [3.8, 4) is 0 Å². The Morgan fingerprint density at radius 2 is 2.33 bits per heavy atom. The molecule has 0 atom stereocenters. The monoisotopic (exact) mass is 174 g/mol. The fourth-order valence-electron chi connectivity index (χ4n) is 0.0479. The van der Waals surface area contributed by atoms with Gasteiger partial charge in [0, 0.05) is 0 Å². The second-order valence-electron chi connectivity index (χ2n) is 0.590. The summed E-state index contributed by atoms with van der Waals surface area (Å²) in [6, 6.07) is 0. The van der Waals surface area contributed by atoms with Gasteiger partial charge in [-0.15, -0.1) is 0 Å². The normalized spacial score (nSPS) is 7.50. The summed E-state index contributed by atoms with van der Waals surface area (Å²) < 4.78 is 1.47. The third-order valence-corrected chi connectivity index (χ3v) is 0.896. The van der Waals surface area contributed by atoms with Crippen molar-refractivity contribution in [2.45, 2.75) is 6.92 Å². The average molecular weight is 174 g/mol. The van der Waals surface area contributed by atoms with Crippen molar-refractivity contribution in [1.82, 2.24) is 0 Å². The molecule has 0 unspecified atom stereocenters. The molecule has 0 aliphatic rings. The van der Waals surface area contributed by atoms with E-state index in [-0.39, 0.29) is 4.38 Å². The maximum atomic E-state index is 9.81. The van der Waals surface area contributed by atoms with Crippen LogP contribution in [0.4, 0.5) is 0 Å². The molecule has 0 N–H and O–H groups in total. The first-order valence-electron chi connectivity index (χ1n) is 1.24. The summed E-state index contributed by atoms with van der Waals surface area (Å²) >= 11 is -0.583. The van der Waals surface area contributed by atoms with Gasteiger partial charge >= 0.3 is 42.0 Å². The first kappa shape index (κ1) is 5.87. The van der Waals surface area contributed by atoms with Gasteiger partial charge in [-0.2, -0.15) is 0 Å². The summed E-state index contributed by atoms with van der Waals surface area (Å²) in [5.41, 5.74) is 0. The fourth-order valence-corrected chi connectivity index (χ4v) is 0.283. The number of hydrogen-bond acceptors (Lipinski definition) is 2. The first-order valence-corrected chi connectivity index (χ1v) is 2.88. The first-order chi connectivity index (χ1) is 2.77. The quantitative estimate of drug-likeness (QED) is 0.510. The standard InChI is InChI=1S/C2H3O.CO.Rh/c1-2-3;1-2;/h1H3;;. The molecule has 0 rings (SSSR count). The molecule has 0 amide bonds. The van der Waals surface area contributed by atoms with E-state index in [1.54, 1.807) is 0 Å². The van der Waals surface area contributed by atoms with Gasteiger partial charge < -0.3 is 0 Å². The Labute approximate surface area is 42.7 Å². The molecule has 0 spiro atoms. The second-order valence-corrected chi connectivity index (χ2v) is 2.49. The molecule has 0 saturated carbocycles. The molecule has 0 bridgehead atoms. The summed E-state index contributed by atoms with van der Waals surface area (Å²) in [5.74, 6) is 0. The van der Waals surface area contributed by atoms with E-state index in [4.69, 9.17) is 0 Å². The van der Waals surface area contributed by atoms with Gasteiger partial charge in [-0.25, -0.2) is 0 Å². The minimum atomic E-state index is -0.583. The van der Waals surface area contributed by atoms with Gasteiger partial charge in [0.25, 0.3) is 0 Å². The molecule has 0 fully saturated rings. The Kier molecular flexibility index (Phi) is 3.01. The van der Waals surface area contributed by atoms with E-state index in [1.165, 1.54) is 11.4 Å². The number of carbonyl (C=O) groups excluding carboxylic acids is 2. The molecule has 36 valence electrons. The van der Waals surface area contributed by atoms with Gasteiger partial charge in [-0.05, 0) is 0 Å². The van der Waals surface area contributed by atoms with Gasteiger partial charge in [0.05, 0.1) is 0 Å². The van der Waals surface area contributed by atoms with Gasteiger partial charge in [0.2, 0.25) is 0 Å². The summed E-state index contributed by atoms with van der Waals surface area (Å²) in [7, 11) is 0. The molecular weight excluding hydrogens is 171 g/mol. The van der Waals surface area contributed by atoms with Gasteiger partial charge in [-0.3, -0.25) is 0 Å². The summed E-state index contributed by atoms with van der Waals surface area (Å²) in [4.78, 5) is 19.1. The molecule has 3 heteroatoms. The molecule has 0 aromatic rings. The number of carbonyl (C=O) groups is 1. The SMILES string of the molecule is C[C](=O)[Rh]=[C]=O. The van der Waals surface area contributed by atoms with Crippen molar-refractivity contribution < 1.29 is 26.3 Å². The molecule has 6 heavy (non-hydrogen) atoms. The minimum absolute atomic E-state index is 0.0643. The van der Waals surface area contributed by atoms with Crippen LogP contribution in [0, 0.1) is 0 Å². The fraction of sp³-hybridized carbons (Fsp3) is 0.333. The zero-order valence-corrected chi connectivity index (χ0v) is 4.79. The Morgan fingerprint density at radius 3 is 2.33 bits per heavy atom. The Hall–Kier alpha value is -0.127. The van der Waals surface area contributed by atoms with Crippen LogP contribution in [-0.4, -0.2) is 8.85 Å². The Balaban J connectivity index is 3.60. The van der Waals surface area contributed by atoms with E-state index in [2.05, 4.69) is 0 Å². The van der Waals surface area contributed by atoms with Crippen LogP contribution >= 0.6 is 0 Å². The second kappa shape index (κ2) is 3.08. The zero-order valence-electron chi connectivity index (χ0n) is 3.15. The van der Waals surface area contributed by atoms with Crippen molar-refractivity contribution in [1.29, 1.82) is 0 Å². The molecular formula is C3H3O2Rh. The van der Waals surface area contributed by atoms with Crippen LogP contribution in [0.15, 0.2) is 0 Å². The zero-order chi connectivity index (χ0) is 4.99. The molecule has 0 aromatic carbocycles.